The monoisotopic (exact) mass is 501 g/mol. The Morgan fingerprint density at radius 3 is 2.53 bits per heavy atom. The number of nitrogens with two attached hydrogens (primary N) is 1. The number of piperidine rings is 2. The van der Waals surface area contributed by atoms with E-state index in [4.69, 9.17) is 15.2 Å². The zero-order valence-corrected chi connectivity index (χ0v) is 20.0. The lowest BCUT2D eigenvalue weighted by molar-refractivity contribution is -0.136. The predicted molar refractivity (Wildman–Crippen MR) is 127 cm³/mol. The summed E-state index contributed by atoms with van der Waals surface area (Å²) >= 11 is 0. The fourth-order valence-corrected chi connectivity index (χ4v) is 4.56. The van der Waals surface area contributed by atoms with E-state index in [-0.39, 0.29) is 42.9 Å². The molecule has 1 aromatic rings. The normalized spacial score (nSPS) is 21.0. The molecule has 1 aromatic carbocycles. The second-order valence-corrected chi connectivity index (χ2v) is 9.07. The van der Waals surface area contributed by atoms with Crippen LogP contribution in [0.4, 0.5) is 5.69 Å². The van der Waals surface area contributed by atoms with Crippen LogP contribution in [0.1, 0.15) is 46.4 Å². The van der Waals surface area contributed by atoms with E-state index in [1.54, 1.807) is 0 Å². The number of nitrogens with zero attached hydrogens (tertiary/aromatic N) is 2. The molecule has 1 unspecified atom stereocenters. The van der Waals surface area contributed by atoms with E-state index in [0.717, 1.165) is 37.4 Å². The van der Waals surface area contributed by atoms with Crippen molar-refractivity contribution >= 4 is 35.2 Å². The number of likely N-dealkylation sites (tertiary alicyclic amines) is 1. The van der Waals surface area contributed by atoms with Crippen molar-refractivity contribution in [2.45, 2.75) is 37.8 Å². The predicted octanol–water partition coefficient (Wildman–Crippen LogP) is -0.517. The molecule has 0 aliphatic carbocycles. The first-order valence-electron chi connectivity index (χ1n) is 12.1. The van der Waals surface area contributed by atoms with Crippen LogP contribution in [0.2, 0.25) is 0 Å². The van der Waals surface area contributed by atoms with Gasteiger partial charge in [0.15, 0.2) is 0 Å². The van der Waals surface area contributed by atoms with Gasteiger partial charge in [-0.2, -0.15) is 0 Å². The van der Waals surface area contributed by atoms with Crippen LogP contribution in [0.15, 0.2) is 18.2 Å². The molecule has 2 fully saturated rings. The van der Waals surface area contributed by atoms with Gasteiger partial charge in [0.1, 0.15) is 12.6 Å². The Bertz CT molecular complexity index is 1040. The van der Waals surface area contributed by atoms with E-state index in [1.165, 1.54) is 18.2 Å². The lowest BCUT2D eigenvalue weighted by atomic mass is 10.0. The molecule has 5 amide bonds. The van der Waals surface area contributed by atoms with Crippen molar-refractivity contribution in [2.75, 3.05) is 51.4 Å². The summed E-state index contributed by atoms with van der Waals surface area (Å²) in [5.74, 6) is -2.96. The molecule has 36 heavy (non-hydrogen) atoms. The van der Waals surface area contributed by atoms with E-state index >= 15 is 0 Å². The summed E-state index contributed by atoms with van der Waals surface area (Å²) in [5, 5.41) is 4.76. The maximum Gasteiger partial charge on any atom is 0.264 e. The average Bonchev–Trinajstić information content (AvgIpc) is 3.10. The molecule has 3 aliphatic heterocycles. The number of rotatable bonds is 10. The number of hydrogen-bond donors (Lipinski definition) is 3. The molecular formula is C24H31N5O7. The maximum atomic E-state index is 13.1. The number of anilines is 1. The molecule has 0 aromatic heterocycles. The zero-order chi connectivity index (χ0) is 25.7. The second-order valence-electron chi connectivity index (χ2n) is 9.07. The number of carbonyl (C=O) groups is 5. The zero-order valence-electron chi connectivity index (χ0n) is 20.0. The van der Waals surface area contributed by atoms with Crippen LogP contribution in [0.3, 0.4) is 0 Å². The quantitative estimate of drug-likeness (QED) is 0.283. The summed E-state index contributed by atoms with van der Waals surface area (Å²) in [5.41, 5.74) is 6.17. The van der Waals surface area contributed by atoms with E-state index in [2.05, 4.69) is 15.5 Å². The molecule has 2 saturated heterocycles. The third-order valence-corrected chi connectivity index (χ3v) is 6.53. The number of fused-ring (bicyclic) bond motifs is 1. The third-order valence-electron chi connectivity index (χ3n) is 6.53. The van der Waals surface area contributed by atoms with Crippen LogP contribution in [-0.4, -0.2) is 97.5 Å². The Hall–Kier alpha value is -3.19. The van der Waals surface area contributed by atoms with Crippen LogP contribution in [0, 0.1) is 0 Å². The Kier molecular flexibility index (Phi) is 8.41. The number of carbonyl (C=O) groups excluding carboxylic acids is 5. The van der Waals surface area contributed by atoms with E-state index in [0.29, 0.717) is 19.3 Å². The molecule has 3 heterocycles. The molecule has 1 atom stereocenters. The van der Waals surface area contributed by atoms with Crippen molar-refractivity contribution in [1.29, 1.82) is 0 Å². The summed E-state index contributed by atoms with van der Waals surface area (Å²) in [6, 6.07) is 3.73. The minimum atomic E-state index is -1.07. The number of amides is 5. The lowest BCUT2D eigenvalue weighted by Crippen LogP contribution is -2.54. The van der Waals surface area contributed by atoms with Gasteiger partial charge in [-0.05, 0) is 44.5 Å². The van der Waals surface area contributed by atoms with Crippen LogP contribution < -0.4 is 16.4 Å². The van der Waals surface area contributed by atoms with Crippen molar-refractivity contribution in [2.24, 2.45) is 5.73 Å². The maximum absolute atomic E-state index is 13.1. The summed E-state index contributed by atoms with van der Waals surface area (Å²) < 4.78 is 10.9. The summed E-state index contributed by atoms with van der Waals surface area (Å²) in [7, 11) is 0. The molecule has 12 nitrogen and oxygen atoms in total. The third kappa shape index (κ3) is 5.95. The molecule has 0 spiro atoms. The Morgan fingerprint density at radius 2 is 1.78 bits per heavy atom. The van der Waals surface area contributed by atoms with Gasteiger partial charge in [0, 0.05) is 19.0 Å². The van der Waals surface area contributed by atoms with E-state index < -0.39 is 35.6 Å². The van der Waals surface area contributed by atoms with Crippen molar-refractivity contribution in [3.05, 3.63) is 29.3 Å². The fourth-order valence-electron chi connectivity index (χ4n) is 4.56. The van der Waals surface area contributed by atoms with Crippen molar-refractivity contribution < 1.29 is 33.4 Å². The average molecular weight is 502 g/mol. The second kappa shape index (κ2) is 11.7. The van der Waals surface area contributed by atoms with Crippen LogP contribution >= 0.6 is 0 Å². The van der Waals surface area contributed by atoms with Crippen molar-refractivity contribution in [1.82, 2.24) is 15.1 Å². The largest absolute Gasteiger partial charge is 0.378 e. The molecule has 12 heteroatoms. The number of benzene rings is 1. The highest BCUT2D eigenvalue weighted by atomic mass is 16.5. The molecule has 3 aliphatic rings. The summed E-state index contributed by atoms with van der Waals surface area (Å²) in [6.07, 6.45) is 2.08. The van der Waals surface area contributed by atoms with Crippen molar-refractivity contribution in [3.8, 4) is 0 Å². The molecule has 0 bridgehead atoms. The summed E-state index contributed by atoms with van der Waals surface area (Å²) in [6.45, 7) is 3.67. The molecule has 0 saturated carbocycles. The molecular weight excluding hydrogens is 470 g/mol. The van der Waals surface area contributed by atoms with E-state index in [9.17, 15) is 24.0 Å². The van der Waals surface area contributed by atoms with Crippen molar-refractivity contribution in [3.63, 3.8) is 0 Å². The van der Waals surface area contributed by atoms with E-state index in [1.807, 2.05) is 0 Å². The topological polar surface area (TPSA) is 160 Å². The number of imide groups is 2. The van der Waals surface area contributed by atoms with Gasteiger partial charge in [-0.3, -0.25) is 34.2 Å². The smallest absolute Gasteiger partial charge is 0.264 e. The number of nitrogens with one attached hydrogen (secondary N) is 2. The van der Waals surface area contributed by atoms with Crippen LogP contribution in [-0.2, 0) is 23.9 Å². The highest BCUT2D eigenvalue weighted by Crippen LogP contribution is 2.32. The SMILES string of the molecule is NC1CCN(CCOCCOCC(=O)Nc2cccc3c2C(=O)N(C2CCC(=O)NC2=O)C3=O)CC1. The molecule has 4 rings (SSSR count). The first-order chi connectivity index (χ1) is 17.3. The first kappa shape index (κ1) is 25.9. The minimum Gasteiger partial charge on any atom is -0.378 e. The molecule has 194 valence electrons. The number of hydrogen-bond acceptors (Lipinski definition) is 9. The summed E-state index contributed by atoms with van der Waals surface area (Å²) in [4.78, 5) is 65.1. The van der Waals surface area contributed by atoms with Gasteiger partial charge in [-0.1, -0.05) is 6.07 Å². The fraction of sp³-hybridized carbons (Fsp3) is 0.542. The van der Waals surface area contributed by atoms with Crippen LogP contribution in [0.5, 0.6) is 0 Å². The standard InChI is InChI=1S/C24H31N5O7/c25-15-6-8-28(9-7-15)10-11-35-12-13-36-14-20(31)26-17-3-1-2-16-21(17)24(34)29(23(16)33)18-4-5-19(30)27-22(18)32/h1-3,15,18H,4-14,25H2,(H,26,31)(H,27,30,32). The van der Waals surface area contributed by atoms with Gasteiger partial charge in [-0.25, -0.2) is 0 Å². The van der Waals surface area contributed by atoms with Gasteiger partial charge < -0.3 is 25.4 Å². The molecule has 0 radical (unpaired) electrons. The van der Waals surface area contributed by atoms with Gasteiger partial charge in [0.2, 0.25) is 17.7 Å². The Morgan fingerprint density at radius 1 is 1.03 bits per heavy atom. The van der Waals surface area contributed by atoms with Gasteiger partial charge in [0.25, 0.3) is 11.8 Å². The first-order valence-corrected chi connectivity index (χ1v) is 12.1. The Balaban J connectivity index is 1.22. The highest BCUT2D eigenvalue weighted by molar-refractivity contribution is 6.26. The van der Waals surface area contributed by atoms with Gasteiger partial charge >= 0.3 is 0 Å². The number of ether oxygens (including phenoxy) is 2. The highest BCUT2D eigenvalue weighted by Gasteiger charge is 2.45. The minimum absolute atomic E-state index is 0.0163. The lowest BCUT2D eigenvalue weighted by Gasteiger charge is -2.29. The van der Waals surface area contributed by atoms with Gasteiger partial charge in [-0.15, -0.1) is 0 Å². The Labute approximate surface area is 208 Å². The van der Waals surface area contributed by atoms with Gasteiger partial charge in [0.05, 0.1) is 36.6 Å². The van der Waals surface area contributed by atoms with Crippen LogP contribution in [0.25, 0.3) is 0 Å². The molecule has 4 N–H and O–H groups in total.